The molecule has 6 nitrogen and oxygen atoms in total. The number of nitrogens with zero attached hydrogens (tertiary/aromatic N) is 2. The fourth-order valence-corrected chi connectivity index (χ4v) is 5.13. The molecule has 3 aromatic carbocycles. The third kappa shape index (κ3) is 4.28. The molecule has 2 heterocycles. The number of methoxy groups -OCH3 is 2. The number of amides is 1. The Bertz CT molecular complexity index is 1180. The first-order valence-corrected chi connectivity index (χ1v) is 11.8. The molecular weight excluding hydrogens is 426 g/mol. The maximum absolute atomic E-state index is 13.6. The molecule has 34 heavy (non-hydrogen) atoms. The first-order chi connectivity index (χ1) is 16.6. The summed E-state index contributed by atoms with van der Waals surface area (Å²) in [4.78, 5) is 18.4. The minimum atomic E-state index is -0.180. The predicted molar refractivity (Wildman–Crippen MR) is 136 cm³/mol. The Hall–Kier alpha value is -3.67. The Morgan fingerprint density at radius 3 is 2.47 bits per heavy atom. The molecule has 2 aliphatic heterocycles. The minimum absolute atomic E-state index is 0.0375. The van der Waals surface area contributed by atoms with Crippen molar-refractivity contribution in [1.29, 1.82) is 0 Å². The lowest BCUT2D eigenvalue weighted by Crippen LogP contribution is -2.60. The van der Waals surface area contributed by atoms with E-state index in [2.05, 4.69) is 58.4 Å². The van der Waals surface area contributed by atoms with Gasteiger partial charge < -0.3 is 24.6 Å². The second-order valence-electron chi connectivity index (χ2n) is 9.07. The topological polar surface area (TPSA) is 54.0 Å². The van der Waals surface area contributed by atoms with Gasteiger partial charge in [0.05, 0.1) is 26.2 Å². The highest BCUT2D eigenvalue weighted by Gasteiger charge is 2.41. The van der Waals surface area contributed by atoms with Gasteiger partial charge in [0.25, 0.3) is 0 Å². The summed E-state index contributed by atoms with van der Waals surface area (Å²) >= 11 is 0. The van der Waals surface area contributed by atoms with E-state index in [1.54, 1.807) is 14.2 Å². The van der Waals surface area contributed by atoms with Crippen LogP contribution in [0.3, 0.4) is 0 Å². The molecule has 1 saturated heterocycles. The average molecular weight is 458 g/mol. The molecule has 1 amide bonds. The lowest BCUT2D eigenvalue weighted by Gasteiger charge is -2.49. The van der Waals surface area contributed by atoms with Gasteiger partial charge in [-0.25, -0.2) is 0 Å². The van der Waals surface area contributed by atoms with E-state index in [0.29, 0.717) is 6.42 Å². The number of hydrogen-bond acceptors (Lipinski definition) is 5. The van der Waals surface area contributed by atoms with Crippen LogP contribution >= 0.6 is 0 Å². The summed E-state index contributed by atoms with van der Waals surface area (Å²) in [7, 11) is 3.33. The summed E-state index contributed by atoms with van der Waals surface area (Å²) in [5.74, 6) is 1.43. The normalized spacial score (nSPS) is 19.1. The van der Waals surface area contributed by atoms with E-state index in [1.165, 1.54) is 22.5 Å². The molecule has 0 aromatic heterocycles. The van der Waals surface area contributed by atoms with Crippen LogP contribution in [-0.4, -0.2) is 45.8 Å². The smallest absolute Gasteiger partial charge is 0.229 e. The van der Waals surface area contributed by atoms with Gasteiger partial charge in [0.2, 0.25) is 5.91 Å². The van der Waals surface area contributed by atoms with Crippen LogP contribution in [0.2, 0.25) is 0 Å². The number of carbonyl (C=O) groups is 1. The highest BCUT2D eigenvalue weighted by Crippen LogP contribution is 2.39. The van der Waals surface area contributed by atoms with Crippen molar-refractivity contribution in [2.45, 2.75) is 19.4 Å². The van der Waals surface area contributed by atoms with E-state index in [0.717, 1.165) is 36.8 Å². The third-order valence-corrected chi connectivity index (χ3v) is 7.00. The standard InChI is InChI=1S/C28H31N3O3/c1-19-7-10-22(11-8-19)30-13-14-31-26-17-24(34-3)12-9-20(26)15-25(27(31)18-30)28(32)29-21-5-4-6-23(16-21)33-2/h4-12,16-17,25,27H,13-15,18H2,1-3H3,(H,29,32). The summed E-state index contributed by atoms with van der Waals surface area (Å²) in [5.41, 5.74) is 5.57. The van der Waals surface area contributed by atoms with Crippen molar-refractivity contribution in [3.05, 3.63) is 77.9 Å². The number of anilines is 3. The van der Waals surface area contributed by atoms with Gasteiger partial charge >= 0.3 is 0 Å². The molecule has 1 fully saturated rings. The van der Waals surface area contributed by atoms with Gasteiger partial charge in [0, 0.05) is 48.8 Å². The number of fused-ring (bicyclic) bond motifs is 3. The monoisotopic (exact) mass is 457 g/mol. The number of rotatable bonds is 5. The summed E-state index contributed by atoms with van der Waals surface area (Å²) in [6, 6.07) is 22.4. The highest BCUT2D eigenvalue weighted by molar-refractivity contribution is 5.94. The van der Waals surface area contributed by atoms with Crippen molar-refractivity contribution in [3.8, 4) is 11.5 Å². The molecule has 6 heteroatoms. The number of aryl methyl sites for hydroxylation is 1. The molecule has 0 spiro atoms. The molecule has 0 saturated carbocycles. The zero-order chi connectivity index (χ0) is 23.7. The van der Waals surface area contributed by atoms with Gasteiger partial charge in [-0.1, -0.05) is 29.8 Å². The summed E-state index contributed by atoms with van der Waals surface area (Å²) in [6.45, 7) is 4.64. The number of benzene rings is 3. The zero-order valence-electron chi connectivity index (χ0n) is 20.0. The summed E-state index contributed by atoms with van der Waals surface area (Å²) < 4.78 is 10.8. The summed E-state index contributed by atoms with van der Waals surface area (Å²) in [6.07, 6.45) is 0.692. The molecule has 2 unspecified atom stereocenters. The number of piperazine rings is 1. The van der Waals surface area contributed by atoms with Crippen molar-refractivity contribution < 1.29 is 14.3 Å². The molecule has 2 atom stereocenters. The van der Waals surface area contributed by atoms with E-state index in [4.69, 9.17) is 9.47 Å². The number of ether oxygens (including phenoxy) is 2. The van der Waals surface area contributed by atoms with Crippen molar-refractivity contribution in [2.24, 2.45) is 5.92 Å². The third-order valence-electron chi connectivity index (χ3n) is 7.00. The molecule has 176 valence electrons. The van der Waals surface area contributed by atoms with Gasteiger partial charge in [0.1, 0.15) is 11.5 Å². The van der Waals surface area contributed by atoms with Crippen LogP contribution in [-0.2, 0) is 11.2 Å². The van der Waals surface area contributed by atoms with Crippen molar-refractivity contribution >= 4 is 23.0 Å². The van der Waals surface area contributed by atoms with Crippen LogP contribution in [0.1, 0.15) is 11.1 Å². The molecule has 0 radical (unpaired) electrons. The second-order valence-corrected chi connectivity index (χ2v) is 9.07. The lowest BCUT2D eigenvalue weighted by molar-refractivity contribution is -0.120. The molecule has 5 rings (SSSR count). The average Bonchev–Trinajstić information content (AvgIpc) is 2.88. The molecule has 0 aliphatic carbocycles. The van der Waals surface area contributed by atoms with Gasteiger partial charge in [-0.05, 0) is 49.2 Å². The first-order valence-electron chi connectivity index (χ1n) is 11.8. The van der Waals surface area contributed by atoms with E-state index < -0.39 is 0 Å². The van der Waals surface area contributed by atoms with E-state index >= 15 is 0 Å². The van der Waals surface area contributed by atoms with E-state index in [1.807, 2.05) is 30.3 Å². The zero-order valence-corrected chi connectivity index (χ0v) is 20.0. The van der Waals surface area contributed by atoms with Gasteiger partial charge in [-0.3, -0.25) is 4.79 Å². The first kappa shape index (κ1) is 22.1. The highest BCUT2D eigenvalue weighted by atomic mass is 16.5. The Labute approximate surface area is 201 Å². The molecule has 0 bridgehead atoms. The fraction of sp³-hybridized carbons (Fsp3) is 0.321. The van der Waals surface area contributed by atoms with Crippen LogP contribution < -0.4 is 24.6 Å². The lowest BCUT2D eigenvalue weighted by atomic mass is 9.83. The van der Waals surface area contributed by atoms with Crippen LogP contribution in [0.15, 0.2) is 66.7 Å². The van der Waals surface area contributed by atoms with Crippen LogP contribution in [0, 0.1) is 12.8 Å². The SMILES string of the molecule is COc1cccc(NC(=O)C2Cc3ccc(OC)cc3N3CCN(c4ccc(C)cc4)CC23)c1. The fourth-order valence-electron chi connectivity index (χ4n) is 5.13. The number of nitrogens with one attached hydrogen (secondary N) is 1. The minimum Gasteiger partial charge on any atom is -0.497 e. The van der Waals surface area contributed by atoms with Gasteiger partial charge in [-0.15, -0.1) is 0 Å². The van der Waals surface area contributed by atoms with Crippen LogP contribution in [0.4, 0.5) is 17.1 Å². The van der Waals surface area contributed by atoms with Crippen molar-refractivity contribution in [1.82, 2.24) is 0 Å². The maximum Gasteiger partial charge on any atom is 0.229 e. The van der Waals surface area contributed by atoms with Crippen LogP contribution in [0.5, 0.6) is 11.5 Å². The Morgan fingerprint density at radius 1 is 0.941 bits per heavy atom. The van der Waals surface area contributed by atoms with E-state index in [9.17, 15) is 4.79 Å². The Morgan fingerprint density at radius 2 is 1.71 bits per heavy atom. The van der Waals surface area contributed by atoms with Crippen molar-refractivity contribution in [3.63, 3.8) is 0 Å². The quantitative estimate of drug-likeness (QED) is 0.611. The van der Waals surface area contributed by atoms with Gasteiger partial charge in [-0.2, -0.15) is 0 Å². The number of carbonyl (C=O) groups excluding carboxylic acids is 1. The summed E-state index contributed by atoms with van der Waals surface area (Å²) in [5, 5.41) is 3.15. The molecule has 3 aromatic rings. The predicted octanol–water partition coefficient (Wildman–Crippen LogP) is 4.52. The van der Waals surface area contributed by atoms with Crippen LogP contribution in [0.25, 0.3) is 0 Å². The number of hydrogen-bond donors (Lipinski definition) is 1. The molecule has 2 aliphatic rings. The molecule has 1 N–H and O–H groups in total. The maximum atomic E-state index is 13.6. The second kappa shape index (κ2) is 9.29. The van der Waals surface area contributed by atoms with Crippen molar-refractivity contribution in [2.75, 3.05) is 49.0 Å². The van der Waals surface area contributed by atoms with E-state index in [-0.39, 0.29) is 17.9 Å². The Kier molecular flexibility index (Phi) is 6.05. The largest absolute Gasteiger partial charge is 0.497 e. The Balaban J connectivity index is 1.46. The van der Waals surface area contributed by atoms with Gasteiger partial charge in [0.15, 0.2) is 0 Å². The molecular formula is C28H31N3O3.